The molecule has 90 valence electrons. The molecule has 1 aliphatic carbocycles. The van der Waals surface area contributed by atoms with Crippen LogP contribution in [0.2, 0.25) is 0 Å². The number of benzene rings is 1. The maximum absolute atomic E-state index is 8.94. The van der Waals surface area contributed by atoms with Crippen LogP contribution in [0.1, 0.15) is 30.1 Å². The molecule has 1 aromatic heterocycles. The number of para-hydroxylation sites is 1. The largest absolute Gasteiger partial charge is 0.391 e. The van der Waals surface area contributed by atoms with Gasteiger partial charge in [0.05, 0.1) is 18.8 Å². The van der Waals surface area contributed by atoms with Crippen LogP contribution in [0, 0.1) is 0 Å². The van der Waals surface area contributed by atoms with Gasteiger partial charge < -0.3 is 15.4 Å². The molecule has 0 saturated heterocycles. The molecule has 0 amide bonds. The van der Waals surface area contributed by atoms with Gasteiger partial charge in [-0.05, 0) is 24.5 Å². The zero-order valence-corrected chi connectivity index (χ0v) is 9.95. The summed E-state index contributed by atoms with van der Waals surface area (Å²) >= 11 is 0. The molecule has 0 spiro atoms. The van der Waals surface area contributed by atoms with Gasteiger partial charge in [-0.1, -0.05) is 18.2 Å². The highest BCUT2D eigenvalue weighted by atomic mass is 16.3. The fourth-order valence-corrected chi connectivity index (χ4v) is 2.96. The van der Waals surface area contributed by atoms with Crippen molar-refractivity contribution >= 4 is 10.9 Å². The van der Waals surface area contributed by atoms with Crippen molar-refractivity contribution in [3.05, 3.63) is 35.5 Å². The number of rotatable bonds is 3. The molecule has 0 radical (unpaired) electrons. The average molecular weight is 231 g/mol. The van der Waals surface area contributed by atoms with Crippen molar-refractivity contribution in [3.63, 3.8) is 0 Å². The summed E-state index contributed by atoms with van der Waals surface area (Å²) < 4.78 is 0. The van der Waals surface area contributed by atoms with Gasteiger partial charge in [-0.2, -0.15) is 0 Å². The van der Waals surface area contributed by atoms with E-state index in [0.29, 0.717) is 6.04 Å². The summed E-state index contributed by atoms with van der Waals surface area (Å²) in [7, 11) is 0. The fourth-order valence-electron chi connectivity index (χ4n) is 2.96. The summed E-state index contributed by atoms with van der Waals surface area (Å²) in [5, 5.41) is 12.6. The number of hydrogen-bond acceptors (Lipinski definition) is 1. The van der Waals surface area contributed by atoms with Crippen molar-refractivity contribution in [1.82, 2.24) is 4.98 Å². The van der Waals surface area contributed by atoms with Crippen molar-refractivity contribution in [3.8, 4) is 0 Å². The quantitative estimate of drug-likeness (QED) is 0.728. The Labute approximate surface area is 101 Å². The van der Waals surface area contributed by atoms with Gasteiger partial charge in [0, 0.05) is 17.3 Å². The number of aromatic amines is 1. The molecule has 17 heavy (non-hydrogen) atoms. The lowest BCUT2D eigenvalue weighted by Gasteiger charge is -2.20. The van der Waals surface area contributed by atoms with E-state index in [2.05, 4.69) is 34.6 Å². The molecular formula is C14H19N2O+. The highest BCUT2D eigenvalue weighted by Gasteiger charge is 2.26. The van der Waals surface area contributed by atoms with E-state index < -0.39 is 0 Å². The Balaban J connectivity index is 2.02. The Morgan fingerprint density at radius 1 is 1.35 bits per heavy atom. The number of aryl methyl sites for hydroxylation is 1. The number of hydrogen-bond donors (Lipinski definition) is 3. The maximum Gasteiger partial charge on any atom is 0.127 e. The van der Waals surface area contributed by atoms with E-state index in [4.69, 9.17) is 5.11 Å². The van der Waals surface area contributed by atoms with Gasteiger partial charge in [0.1, 0.15) is 6.04 Å². The minimum absolute atomic E-state index is 0.256. The van der Waals surface area contributed by atoms with Crippen molar-refractivity contribution in [2.75, 3.05) is 13.2 Å². The summed E-state index contributed by atoms with van der Waals surface area (Å²) in [4.78, 5) is 3.56. The Hall–Kier alpha value is -1.32. The molecule has 0 fully saturated rings. The Morgan fingerprint density at radius 3 is 3.12 bits per heavy atom. The van der Waals surface area contributed by atoms with Crippen LogP contribution in [0.3, 0.4) is 0 Å². The molecule has 1 aromatic carbocycles. The van der Waals surface area contributed by atoms with Gasteiger partial charge in [0.25, 0.3) is 0 Å². The number of fused-ring (bicyclic) bond motifs is 3. The van der Waals surface area contributed by atoms with Crippen LogP contribution >= 0.6 is 0 Å². The van der Waals surface area contributed by atoms with Crippen LogP contribution in [0.15, 0.2) is 24.3 Å². The van der Waals surface area contributed by atoms with Crippen LogP contribution < -0.4 is 5.32 Å². The van der Waals surface area contributed by atoms with E-state index in [-0.39, 0.29) is 6.61 Å². The molecule has 3 nitrogen and oxygen atoms in total. The predicted molar refractivity (Wildman–Crippen MR) is 67.9 cm³/mol. The van der Waals surface area contributed by atoms with Crippen molar-refractivity contribution < 1.29 is 10.4 Å². The number of aliphatic hydroxyl groups excluding tert-OH is 1. The molecule has 0 aliphatic heterocycles. The number of aromatic nitrogens is 1. The van der Waals surface area contributed by atoms with Crippen molar-refractivity contribution in [1.29, 1.82) is 0 Å². The van der Waals surface area contributed by atoms with Crippen LogP contribution in [0.4, 0.5) is 0 Å². The van der Waals surface area contributed by atoms with Gasteiger partial charge in [-0.25, -0.2) is 0 Å². The van der Waals surface area contributed by atoms with E-state index in [0.717, 1.165) is 6.54 Å². The van der Waals surface area contributed by atoms with Crippen molar-refractivity contribution in [2.24, 2.45) is 0 Å². The second-order valence-corrected chi connectivity index (χ2v) is 4.81. The molecule has 1 heterocycles. The summed E-state index contributed by atoms with van der Waals surface area (Å²) in [6.07, 6.45) is 3.64. The standard InChI is InChI=1S/C14H18N2O/c17-9-8-15-13-7-3-5-11-10-4-1-2-6-12(10)16-14(11)13/h1-2,4,6,13,15-17H,3,5,7-9H2/p+1/t13-/m1/s1. The first-order valence-electron chi connectivity index (χ1n) is 6.44. The molecule has 0 bridgehead atoms. The molecule has 1 atom stereocenters. The van der Waals surface area contributed by atoms with Crippen LogP contribution in [0.25, 0.3) is 10.9 Å². The minimum atomic E-state index is 0.256. The van der Waals surface area contributed by atoms with Gasteiger partial charge in [0.15, 0.2) is 0 Å². The normalized spacial score (nSPS) is 19.5. The zero-order valence-electron chi connectivity index (χ0n) is 9.95. The Morgan fingerprint density at radius 2 is 2.24 bits per heavy atom. The second kappa shape index (κ2) is 4.51. The predicted octanol–water partition coefficient (Wildman–Crippen LogP) is 1.10. The molecule has 4 N–H and O–H groups in total. The number of nitrogens with one attached hydrogen (secondary N) is 1. The first-order chi connectivity index (χ1) is 8.40. The number of H-pyrrole nitrogens is 1. The SMILES string of the molecule is OCC[NH2+][C@@H]1CCCc2c1[nH]c1ccccc21. The van der Waals surface area contributed by atoms with Crippen molar-refractivity contribution in [2.45, 2.75) is 25.3 Å². The lowest BCUT2D eigenvalue weighted by atomic mass is 9.92. The van der Waals surface area contributed by atoms with E-state index >= 15 is 0 Å². The van der Waals surface area contributed by atoms with E-state index in [1.807, 2.05) is 0 Å². The smallest absolute Gasteiger partial charge is 0.127 e. The number of nitrogens with two attached hydrogens (primary N) is 1. The lowest BCUT2D eigenvalue weighted by Crippen LogP contribution is -2.86. The van der Waals surface area contributed by atoms with Crippen LogP contribution in [0.5, 0.6) is 0 Å². The van der Waals surface area contributed by atoms with Gasteiger partial charge in [-0.3, -0.25) is 0 Å². The minimum Gasteiger partial charge on any atom is -0.391 e. The Kier molecular flexibility index (Phi) is 2.87. The monoisotopic (exact) mass is 231 g/mol. The molecular weight excluding hydrogens is 212 g/mol. The molecule has 3 rings (SSSR count). The van der Waals surface area contributed by atoms with E-state index in [1.54, 1.807) is 0 Å². The summed E-state index contributed by atoms with van der Waals surface area (Å²) in [6, 6.07) is 9.04. The number of quaternary nitrogens is 1. The number of aliphatic hydroxyl groups is 1. The third kappa shape index (κ3) is 1.85. The molecule has 3 heteroatoms. The van der Waals surface area contributed by atoms with Gasteiger partial charge >= 0.3 is 0 Å². The Bertz CT molecular complexity index is 518. The molecule has 1 aliphatic rings. The van der Waals surface area contributed by atoms with Gasteiger partial charge in [-0.15, -0.1) is 0 Å². The highest BCUT2D eigenvalue weighted by Crippen LogP contribution is 2.32. The first kappa shape index (κ1) is 10.8. The molecule has 0 saturated carbocycles. The summed E-state index contributed by atoms with van der Waals surface area (Å²) in [6.45, 7) is 1.05. The lowest BCUT2D eigenvalue weighted by molar-refractivity contribution is -0.698. The fraction of sp³-hybridized carbons (Fsp3) is 0.429. The third-order valence-electron chi connectivity index (χ3n) is 3.74. The average Bonchev–Trinajstić information content (AvgIpc) is 2.75. The molecule has 2 aromatic rings. The third-order valence-corrected chi connectivity index (χ3v) is 3.74. The maximum atomic E-state index is 8.94. The zero-order chi connectivity index (χ0) is 11.7. The van der Waals surface area contributed by atoms with Gasteiger partial charge in [0.2, 0.25) is 0 Å². The van der Waals surface area contributed by atoms with Crippen LogP contribution in [-0.2, 0) is 6.42 Å². The van der Waals surface area contributed by atoms with Crippen LogP contribution in [-0.4, -0.2) is 23.2 Å². The first-order valence-corrected chi connectivity index (χ1v) is 6.44. The summed E-state index contributed by atoms with van der Waals surface area (Å²) in [5.41, 5.74) is 4.12. The molecule has 0 unspecified atom stereocenters. The van der Waals surface area contributed by atoms with E-state index in [1.165, 1.54) is 41.4 Å². The van der Waals surface area contributed by atoms with E-state index in [9.17, 15) is 0 Å². The topological polar surface area (TPSA) is 52.6 Å². The second-order valence-electron chi connectivity index (χ2n) is 4.81. The summed E-state index contributed by atoms with van der Waals surface area (Å²) in [5.74, 6) is 0. The highest BCUT2D eigenvalue weighted by molar-refractivity contribution is 5.84.